The van der Waals surface area contributed by atoms with Crippen LogP contribution in [0, 0.1) is 0 Å². The predicted octanol–water partition coefficient (Wildman–Crippen LogP) is 10.6. The average Bonchev–Trinajstić information content (AvgIpc) is 3.55. The summed E-state index contributed by atoms with van der Waals surface area (Å²) in [6.07, 6.45) is 0. The summed E-state index contributed by atoms with van der Waals surface area (Å²) in [4.78, 5) is 14.2. The summed E-state index contributed by atoms with van der Waals surface area (Å²) in [5.41, 5.74) is 4.76. The second-order valence-electron chi connectivity index (χ2n) is 9.99. The van der Waals surface area contributed by atoms with Gasteiger partial charge in [-0.05, 0) is 28.3 Å². The molecule has 0 fully saturated rings. The highest BCUT2D eigenvalue weighted by atomic mass is 32.1. The molecule has 0 unspecified atom stereocenters. The number of fused-ring (bicyclic) bond motifs is 3. The lowest BCUT2D eigenvalue weighted by atomic mass is 9.99. The molecule has 4 heteroatoms. The van der Waals surface area contributed by atoms with Crippen LogP contribution in [0.2, 0.25) is 0 Å². The van der Waals surface area contributed by atoms with Crippen molar-refractivity contribution in [2.75, 3.05) is 0 Å². The van der Waals surface area contributed by atoms with Gasteiger partial charge in [0.1, 0.15) is 0 Å². The van der Waals surface area contributed by atoms with Crippen LogP contribution in [0.15, 0.2) is 152 Å². The summed E-state index contributed by atoms with van der Waals surface area (Å²) in [6.45, 7) is 0. The minimum atomic E-state index is -0.270. The van der Waals surface area contributed by atoms with Gasteiger partial charge in [-0.2, -0.15) is 0 Å². The molecule has 0 amide bonds. The molecular weight excluding hydrogens is 543 g/mol. The highest BCUT2D eigenvalue weighted by Crippen LogP contribution is 2.41. The molecule has 0 N–H and O–H groups in total. The molecular formula is C39H25N3S. The van der Waals surface area contributed by atoms with Crippen molar-refractivity contribution in [1.29, 1.82) is 0 Å². The number of thiophene rings is 1. The summed E-state index contributed by atoms with van der Waals surface area (Å²) in [7, 11) is 0. The van der Waals surface area contributed by atoms with Crippen LogP contribution >= 0.6 is 11.3 Å². The summed E-state index contributed by atoms with van der Waals surface area (Å²) < 4.78 is 55.2. The van der Waals surface area contributed by atoms with E-state index in [1.807, 2.05) is 115 Å². The molecule has 0 aliphatic heterocycles. The fourth-order valence-electron chi connectivity index (χ4n) is 5.11. The molecule has 0 aliphatic carbocycles. The number of hydrogen-bond donors (Lipinski definition) is 0. The van der Waals surface area contributed by atoms with Crippen LogP contribution in [-0.4, -0.2) is 15.0 Å². The van der Waals surface area contributed by atoms with Crippen molar-refractivity contribution in [2.24, 2.45) is 0 Å². The van der Waals surface area contributed by atoms with Gasteiger partial charge in [0, 0.05) is 36.9 Å². The van der Waals surface area contributed by atoms with Crippen LogP contribution in [0.1, 0.15) is 8.22 Å². The van der Waals surface area contributed by atoms with Crippen LogP contribution in [0.4, 0.5) is 0 Å². The van der Waals surface area contributed by atoms with E-state index in [4.69, 9.17) is 20.4 Å². The first kappa shape index (κ1) is 19.6. The molecule has 43 heavy (non-hydrogen) atoms. The van der Waals surface area contributed by atoms with E-state index in [-0.39, 0.29) is 53.0 Å². The minimum absolute atomic E-state index is 0.0516. The van der Waals surface area contributed by atoms with Gasteiger partial charge in [-0.3, -0.25) is 0 Å². The Hall–Kier alpha value is -5.45. The van der Waals surface area contributed by atoms with Gasteiger partial charge in [0.2, 0.25) is 0 Å². The Morgan fingerprint density at radius 3 is 1.56 bits per heavy atom. The molecule has 8 aromatic rings. The third-order valence-corrected chi connectivity index (χ3v) is 8.39. The van der Waals surface area contributed by atoms with Crippen molar-refractivity contribution >= 4 is 31.5 Å². The van der Waals surface area contributed by atoms with Crippen molar-refractivity contribution in [3.63, 3.8) is 0 Å². The fourth-order valence-corrected chi connectivity index (χ4v) is 6.25. The predicted molar refractivity (Wildman–Crippen MR) is 180 cm³/mol. The van der Waals surface area contributed by atoms with Crippen molar-refractivity contribution in [1.82, 2.24) is 15.0 Å². The maximum atomic E-state index is 9.43. The van der Waals surface area contributed by atoms with E-state index in [1.54, 1.807) is 0 Å². The average molecular weight is 574 g/mol. The lowest BCUT2D eigenvalue weighted by molar-refractivity contribution is 1.07. The smallest absolute Gasteiger partial charge is 0.164 e. The Kier molecular flexibility index (Phi) is 4.91. The van der Waals surface area contributed by atoms with Crippen LogP contribution < -0.4 is 0 Å². The van der Waals surface area contributed by atoms with E-state index in [9.17, 15) is 2.74 Å². The number of hydrogen-bond acceptors (Lipinski definition) is 4. The highest BCUT2D eigenvalue weighted by molar-refractivity contribution is 7.26. The van der Waals surface area contributed by atoms with Crippen molar-refractivity contribution in [3.05, 3.63) is 152 Å². The molecule has 8 rings (SSSR count). The third kappa shape index (κ3) is 4.78. The second kappa shape index (κ2) is 10.8. The molecule has 0 bridgehead atoms. The zero-order valence-electron chi connectivity index (χ0n) is 28.7. The standard InChI is InChI=1S/C39H25N3S/c1-4-11-26(12-5-1)27-19-21-28(22-20-27)32-17-10-18-34-33-24-23-31(25-35(33)43-36(32)34)39-41-37(29-13-6-2-7-14-29)40-38(42-39)30-15-8-3-9-16-30/h1-25H/i10D,17D,18D,23D,24D,25D. The lowest BCUT2D eigenvalue weighted by Gasteiger charge is -2.08. The van der Waals surface area contributed by atoms with Gasteiger partial charge in [-0.1, -0.05) is 145 Å². The monoisotopic (exact) mass is 573 g/mol. The molecule has 2 aromatic heterocycles. The quantitative estimate of drug-likeness (QED) is 0.206. The topological polar surface area (TPSA) is 38.7 Å². The van der Waals surface area contributed by atoms with E-state index in [0.717, 1.165) is 22.3 Å². The van der Waals surface area contributed by atoms with Crippen molar-refractivity contribution in [3.8, 4) is 56.4 Å². The highest BCUT2D eigenvalue weighted by Gasteiger charge is 2.15. The first-order chi connectivity index (χ1) is 23.8. The summed E-state index contributed by atoms with van der Waals surface area (Å²) in [5.74, 6) is 0.845. The number of rotatable bonds is 5. The Labute approximate surface area is 262 Å². The molecule has 0 aliphatic rings. The van der Waals surface area contributed by atoms with E-state index < -0.39 is 0 Å². The van der Waals surface area contributed by atoms with E-state index >= 15 is 0 Å². The van der Waals surface area contributed by atoms with Crippen LogP contribution in [-0.2, 0) is 0 Å². The minimum Gasteiger partial charge on any atom is -0.208 e. The summed E-state index contributed by atoms with van der Waals surface area (Å²) in [5, 5.41) is 0.548. The van der Waals surface area contributed by atoms with Gasteiger partial charge in [0.25, 0.3) is 0 Å². The third-order valence-electron chi connectivity index (χ3n) is 7.27. The summed E-state index contributed by atoms with van der Waals surface area (Å²) >= 11 is 1.19. The maximum Gasteiger partial charge on any atom is 0.164 e. The zero-order valence-corrected chi connectivity index (χ0v) is 23.5. The van der Waals surface area contributed by atoms with E-state index in [2.05, 4.69) is 0 Å². The Bertz CT molecular complexity index is 2480. The first-order valence-electron chi connectivity index (χ1n) is 16.8. The molecule has 0 saturated carbocycles. The number of benzene rings is 6. The van der Waals surface area contributed by atoms with Gasteiger partial charge < -0.3 is 0 Å². The van der Waals surface area contributed by atoms with Crippen molar-refractivity contribution in [2.45, 2.75) is 0 Å². The molecule has 0 spiro atoms. The second-order valence-corrected chi connectivity index (χ2v) is 11.0. The van der Waals surface area contributed by atoms with Gasteiger partial charge in [0.15, 0.2) is 17.5 Å². The lowest BCUT2D eigenvalue weighted by Crippen LogP contribution is -1.99. The van der Waals surface area contributed by atoms with Crippen LogP contribution in [0.25, 0.3) is 76.6 Å². The number of aromatic nitrogens is 3. The molecule has 0 radical (unpaired) electrons. The Morgan fingerprint density at radius 2 is 0.953 bits per heavy atom. The zero-order chi connectivity index (χ0) is 33.8. The Balaban J connectivity index is 1.38. The van der Waals surface area contributed by atoms with Crippen molar-refractivity contribution < 1.29 is 8.22 Å². The molecule has 0 saturated heterocycles. The maximum absolute atomic E-state index is 9.43. The molecule has 3 nitrogen and oxygen atoms in total. The van der Waals surface area contributed by atoms with E-state index in [1.165, 1.54) is 11.3 Å². The van der Waals surface area contributed by atoms with Gasteiger partial charge in [0.05, 0.1) is 8.22 Å². The molecule has 0 atom stereocenters. The van der Waals surface area contributed by atoms with E-state index in [0.29, 0.717) is 37.6 Å². The van der Waals surface area contributed by atoms with Gasteiger partial charge in [-0.15, -0.1) is 11.3 Å². The molecule has 6 aromatic carbocycles. The summed E-state index contributed by atoms with van der Waals surface area (Å²) in [6, 6.07) is 35.4. The number of nitrogens with zero attached hydrogens (tertiary/aromatic N) is 3. The van der Waals surface area contributed by atoms with Gasteiger partial charge >= 0.3 is 0 Å². The Morgan fingerprint density at radius 1 is 0.442 bits per heavy atom. The normalized spacial score (nSPS) is 13.2. The fraction of sp³-hybridized carbons (Fsp3) is 0. The van der Waals surface area contributed by atoms with Crippen LogP contribution in [0.5, 0.6) is 0 Å². The van der Waals surface area contributed by atoms with Crippen LogP contribution in [0.3, 0.4) is 0 Å². The SMILES string of the molecule is [2H]c1c([2H])c([2H])c2c(sc3c([2H])c(-c4nc(-c5ccccc5)nc(-c5ccccc5)n4)c([2H])c([2H])c32)c1-c1ccc(-c2ccccc2)cc1. The van der Waals surface area contributed by atoms with Gasteiger partial charge in [-0.25, -0.2) is 15.0 Å². The molecule has 202 valence electrons. The largest absolute Gasteiger partial charge is 0.208 e. The molecule has 2 heterocycles. The first-order valence-corrected chi connectivity index (χ1v) is 14.6.